The third-order valence-electron chi connectivity index (χ3n) is 9.41. The van der Waals surface area contributed by atoms with Gasteiger partial charge >= 0.3 is 0 Å². The fourth-order valence-corrected chi connectivity index (χ4v) is 7.83. The number of rotatable bonds is 4. The van der Waals surface area contributed by atoms with Crippen molar-refractivity contribution in [2.45, 2.75) is 92.4 Å². The fourth-order valence-electron chi connectivity index (χ4n) is 7.83. The van der Waals surface area contributed by atoms with Crippen molar-refractivity contribution in [2.75, 3.05) is 0 Å². The van der Waals surface area contributed by atoms with Crippen molar-refractivity contribution in [2.24, 2.45) is 40.4 Å². The third kappa shape index (κ3) is 3.20. The quantitative estimate of drug-likeness (QED) is 0.441. The van der Waals surface area contributed by atoms with Crippen molar-refractivity contribution < 1.29 is 0 Å². The molecule has 0 heteroatoms. The van der Waals surface area contributed by atoms with E-state index >= 15 is 0 Å². The summed E-state index contributed by atoms with van der Waals surface area (Å²) >= 11 is 0. The predicted molar refractivity (Wildman–Crippen MR) is 118 cm³/mol. The van der Waals surface area contributed by atoms with Gasteiger partial charge in [-0.05, 0) is 111 Å². The monoisotopic (exact) mass is 366 g/mol. The molecule has 6 atom stereocenters. The van der Waals surface area contributed by atoms with Crippen LogP contribution in [0.25, 0.3) is 0 Å². The van der Waals surface area contributed by atoms with E-state index in [0.717, 1.165) is 29.6 Å². The summed E-state index contributed by atoms with van der Waals surface area (Å²) in [5.41, 5.74) is 4.43. The Bertz CT molecular complexity index is 647. The van der Waals surface area contributed by atoms with Crippen LogP contribution in [0.3, 0.4) is 0 Å². The van der Waals surface area contributed by atoms with Gasteiger partial charge in [0.15, 0.2) is 0 Å². The molecular formula is C27H42. The van der Waals surface area contributed by atoms with Gasteiger partial charge in [-0.3, -0.25) is 0 Å². The minimum atomic E-state index is 0.471. The van der Waals surface area contributed by atoms with Crippen molar-refractivity contribution in [1.29, 1.82) is 0 Å². The van der Waals surface area contributed by atoms with E-state index in [4.69, 9.17) is 0 Å². The lowest BCUT2D eigenvalue weighted by molar-refractivity contribution is -0.0300. The molecule has 0 aromatic heterocycles. The summed E-state index contributed by atoms with van der Waals surface area (Å²) in [5, 5.41) is 0. The maximum atomic E-state index is 2.67. The van der Waals surface area contributed by atoms with Gasteiger partial charge in [0.05, 0.1) is 0 Å². The molecule has 0 saturated heterocycles. The van der Waals surface area contributed by atoms with Crippen molar-refractivity contribution >= 4 is 0 Å². The minimum absolute atomic E-state index is 0.471. The van der Waals surface area contributed by atoms with Crippen LogP contribution in [0.2, 0.25) is 0 Å². The molecule has 0 spiro atoms. The van der Waals surface area contributed by atoms with Crippen LogP contribution in [-0.2, 0) is 0 Å². The molecule has 2 saturated carbocycles. The molecule has 0 radical (unpaired) electrons. The summed E-state index contributed by atoms with van der Waals surface area (Å²) in [4.78, 5) is 0. The van der Waals surface area contributed by atoms with Crippen LogP contribution in [0.1, 0.15) is 92.4 Å². The van der Waals surface area contributed by atoms with Crippen LogP contribution in [0, 0.1) is 40.4 Å². The van der Waals surface area contributed by atoms with E-state index in [0.29, 0.717) is 10.8 Å². The second kappa shape index (κ2) is 7.23. The first kappa shape index (κ1) is 19.5. The number of fused-ring (bicyclic) bond motifs is 5. The van der Waals surface area contributed by atoms with Crippen LogP contribution in [-0.4, -0.2) is 0 Å². The molecule has 0 nitrogen and oxygen atoms in total. The lowest BCUT2D eigenvalue weighted by Crippen LogP contribution is -2.49. The molecule has 27 heavy (non-hydrogen) atoms. The lowest BCUT2D eigenvalue weighted by atomic mass is 9.48. The fraction of sp³-hybridized carbons (Fsp3) is 0.778. The smallest absolute Gasteiger partial charge is 0.00445 e. The zero-order valence-corrected chi connectivity index (χ0v) is 18.6. The van der Waals surface area contributed by atoms with Gasteiger partial charge in [-0.25, -0.2) is 0 Å². The Morgan fingerprint density at radius 2 is 1.96 bits per heavy atom. The van der Waals surface area contributed by atoms with Gasteiger partial charge in [-0.1, -0.05) is 57.6 Å². The van der Waals surface area contributed by atoms with Gasteiger partial charge in [0.2, 0.25) is 0 Å². The van der Waals surface area contributed by atoms with Crippen LogP contribution < -0.4 is 0 Å². The summed E-state index contributed by atoms with van der Waals surface area (Å²) in [6.45, 7) is 12.4. The Kier molecular flexibility index (Phi) is 5.23. The molecule has 0 N–H and O–H groups in total. The third-order valence-corrected chi connectivity index (χ3v) is 9.41. The van der Waals surface area contributed by atoms with Crippen molar-refractivity contribution in [3.8, 4) is 0 Å². The molecule has 150 valence electrons. The first-order chi connectivity index (χ1) is 12.9. The van der Waals surface area contributed by atoms with E-state index in [1.807, 2.05) is 0 Å². The molecule has 4 aliphatic rings. The molecular weight excluding hydrogens is 324 g/mol. The number of hydrogen-bond donors (Lipinski definition) is 0. The second-order valence-electron chi connectivity index (χ2n) is 11.2. The topological polar surface area (TPSA) is 0 Å². The van der Waals surface area contributed by atoms with Gasteiger partial charge in [-0.2, -0.15) is 0 Å². The van der Waals surface area contributed by atoms with E-state index in [9.17, 15) is 0 Å². The maximum absolute atomic E-state index is 2.67. The van der Waals surface area contributed by atoms with E-state index in [2.05, 4.69) is 58.9 Å². The number of hydrogen-bond acceptors (Lipinski definition) is 0. The second-order valence-corrected chi connectivity index (χ2v) is 11.2. The molecule has 0 aromatic carbocycles. The van der Waals surface area contributed by atoms with Crippen molar-refractivity contribution in [3.63, 3.8) is 0 Å². The largest absolute Gasteiger partial charge is 0.0853 e. The van der Waals surface area contributed by atoms with Gasteiger partial charge in [-0.15, -0.1) is 0 Å². The average molecular weight is 367 g/mol. The number of allylic oxidation sites excluding steroid dienone is 6. The molecule has 0 heterocycles. The molecule has 0 bridgehead atoms. The Balaban J connectivity index is 1.55. The zero-order valence-electron chi connectivity index (χ0n) is 18.6. The summed E-state index contributed by atoms with van der Waals surface area (Å²) in [6.07, 6.45) is 22.6. The summed E-state index contributed by atoms with van der Waals surface area (Å²) < 4.78 is 0. The summed E-state index contributed by atoms with van der Waals surface area (Å²) in [5.74, 6) is 4.50. The normalized spacial score (nSPS) is 43.9. The molecule has 0 amide bonds. The van der Waals surface area contributed by atoms with Crippen LogP contribution in [0.4, 0.5) is 0 Å². The van der Waals surface area contributed by atoms with Crippen LogP contribution in [0.5, 0.6) is 0 Å². The summed E-state index contributed by atoms with van der Waals surface area (Å²) in [7, 11) is 0. The highest BCUT2D eigenvalue weighted by molar-refractivity contribution is 5.34. The zero-order chi connectivity index (χ0) is 19.2. The molecule has 0 aromatic rings. The molecule has 4 rings (SSSR count). The van der Waals surface area contributed by atoms with Gasteiger partial charge in [0.1, 0.15) is 0 Å². The molecule has 0 unspecified atom stereocenters. The Hall–Kier alpha value is -0.780. The standard InChI is InChI=1S/C27H42/c1-19(2)9-8-10-20(3)23-14-15-24-22-13-12-21-11-6-7-17-26(21,4)25(22)16-18-27(23,24)5/h6,10-12,19,22-25H,7-9,13-18H2,1-5H3/b20-10+/t22-,23+,24-,25-,26-,27+/m0/s1. The minimum Gasteiger partial charge on any atom is -0.0853 e. The van der Waals surface area contributed by atoms with Gasteiger partial charge < -0.3 is 0 Å². The SMILES string of the molecule is C/C(=C\CCC(C)C)[C@H]1CC[C@H]2[C@@H]3CC=C4C=CCC[C@]4(C)[C@H]3CC[C@]12C. The Morgan fingerprint density at radius 1 is 1.15 bits per heavy atom. The van der Waals surface area contributed by atoms with E-state index in [-0.39, 0.29) is 0 Å². The highest BCUT2D eigenvalue weighted by Crippen LogP contribution is 2.66. The Labute approximate surface area is 168 Å². The van der Waals surface area contributed by atoms with Crippen molar-refractivity contribution in [3.05, 3.63) is 35.5 Å². The van der Waals surface area contributed by atoms with Crippen LogP contribution >= 0.6 is 0 Å². The van der Waals surface area contributed by atoms with Gasteiger partial charge in [0, 0.05) is 0 Å². The first-order valence-electron chi connectivity index (χ1n) is 11.9. The summed E-state index contributed by atoms with van der Waals surface area (Å²) in [6, 6.07) is 0. The molecule has 2 fully saturated rings. The Morgan fingerprint density at radius 3 is 2.74 bits per heavy atom. The van der Waals surface area contributed by atoms with Crippen LogP contribution in [0.15, 0.2) is 35.5 Å². The van der Waals surface area contributed by atoms with E-state index in [1.165, 1.54) is 57.8 Å². The predicted octanol–water partition coefficient (Wildman–Crippen LogP) is 8.11. The van der Waals surface area contributed by atoms with E-state index < -0.39 is 0 Å². The maximum Gasteiger partial charge on any atom is -0.00445 e. The molecule has 4 aliphatic carbocycles. The first-order valence-corrected chi connectivity index (χ1v) is 11.9. The highest BCUT2D eigenvalue weighted by atomic mass is 14.6. The van der Waals surface area contributed by atoms with Crippen molar-refractivity contribution in [1.82, 2.24) is 0 Å². The average Bonchev–Trinajstić information content (AvgIpc) is 2.98. The highest BCUT2D eigenvalue weighted by Gasteiger charge is 2.57. The lowest BCUT2D eigenvalue weighted by Gasteiger charge is -2.57. The van der Waals surface area contributed by atoms with Gasteiger partial charge in [0.25, 0.3) is 0 Å². The molecule has 0 aliphatic heterocycles. The van der Waals surface area contributed by atoms with E-state index in [1.54, 1.807) is 11.1 Å².